The minimum absolute atomic E-state index is 0.0780. The van der Waals surface area contributed by atoms with Crippen molar-refractivity contribution < 1.29 is 14.7 Å². The molecule has 5 heteroatoms. The van der Waals surface area contributed by atoms with Crippen molar-refractivity contribution in [2.75, 3.05) is 6.54 Å². The van der Waals surface area contributed by atoms with Crippen molar-refractivity contribution in [1.29, 1.82) is 0 Å². The van der Waals surface area contributed by atoms with Gasteiger partial charge >= 0.3 is 12.0 Å². The Kier molecular flexibility index (Phi) is 5.17. The third kappa shape index (κ3) is 4.08. The first kappa shape index (κ1) is 14.0. The van der Waals surface area contributed by atoms with Crippen molar-refractivity contribution in [2.45, 2.75) is 25.3 Å². The number of aliphatic carboxylic acids is 1. The minimum atomic E-state index is -0.998. The molecule has 0 aromatic heterocycles. The molecule has 0 saturated carbocycles. The number of piperidine rings is 1. The van der Waals surface area contributed by atoms with Gasteiger partial charge in [0, 0.05) is 12.6 Å². The van der Waals surface area contributed by atoms with Gasteiger partial charge in [-0.3, -0.25) is 0 Å². The fourth-order valence-corrected chi connectivity index (χ4v) is 2.01. The second-order valence-corrected chi connectivity index (χ2v) is 4.17. The molecular weight excluding hydrogens is 232 g/mol. The number of carboxylic acids is 1. The molecule has 1 unspecified atom stereocenters. The maximum absolute atomic E-state index is 11.3. The number of allylic oxidation sites excluding steroid dienone is 2. The summed E-state index contributed by atoms with van der Waals surface area (Å²) in [5.74, 6) is -0.998. The third-order valence-electron chi connectivity index (χ3n) is 2.87. The first-order valence-corrected chi connectivity index (χ1v) is 5.85. The first-order chi connectivity index (χ1) is 8.52. The molecule has 1 aliphatic heterocycles. The zero-order valence-electron chi connectivity index (χ0n) is 10.2. The van der Waals surface area contributed by atoms with Crippen LogP contribution >= 0.6 is 0 Å². The second-order valence-electron chi connectivity index (χ2n) is 4.17. The maximum Gasteiger partial charge on any atom is 0.328 e. The Morgan fingerprint density at radius 3 is 2.56 bits per heavy atom. The van der Waals surface area contributed by atoms with Crippen LogP contribution in [0.25, 0.3) is 0 Å². The summed E-state index contributed by atoms with van der Waals surface area (Å²) >= 11 is 0. The zero-order chi connectivity index (χ0) is 13.5. The topological polar surface area (TPSA) is 83.6 Å². The number of carbonyl (C=O) groups excluding carboxylic acids is 1. The summed E-state index contributed by atoms with van der Waals surface area (Å²) in [5.41, 5.74) is 6.09. The molecular formula is C13H18N2O3. The quantitative estimate of drug-likeness (QED) is 0.588. The minimum Gasteiger partial charge on any atom is -0.478 e. The number of nitrogens with two attached hydrogens (primary N) is 1. The largest absolute Gasteiger partial charge is 0.478 e. The van der Waals surface area contributed by atoms with Crippen molar-refractivity contribution in [3.63, 3.8) is 0 Å². The van der Waals surface area contributed by atoms with Crippen molar-refractivity contribution >= 4 is 12.0 Å². The highest BCUT2D eigenvalue weighted by molar-refractivity contribution is 5.80. The number of urea groups is 1. The number of amides is 2. The second kappa shape index (κ2) is 6.64. The highest BCUT2D eigenvalue weighted by atomic mass is 16.4. The molecule has 0 spiro atoms. The van der Waals surface area contributed by atoms with Gasteiger partial charge in [-0.2, -0.15) is 0 Å². The van der Waals surface area contributed by atoms with Crippen LogP contribution in [0.1, 0.15) is 19.3 Å². The van der Waals surface area contributed by atoms with Crippen LogP contribution in [0.5, 0.6) is 0 Å². The lowest BCUT2D eigenvalue weighted by Crippen LogP contribution is -2.47. The van der Waals surface area contributed by atoms with Gasteiger partial charge in [-0.05, 0) is 24.8 Å². The number of nitrogens with zero attached hydrogens (tertiary/aromatic N) is 1. The number of likely N-dealkylation sites (tertiary alicyclic amines) is 1. The van der Waals surface area contributed by atoms with Gasteiger partial charge < -0.3 is 15.7 Å². The molecule has 1 rings (SSSR count). The van der Waals surface area contributed by atoms with E-state index in [1.54, 1.807) is 17.1 Å². The van der Waals surface area contributed by atoms with Crippen LogP contribution in [0.4, 0.5) is 4.79 Å². The molecule has 0 aromatic carbocycles. The predicted octanol–water partition coefficient (Wildman–Crippen LogP) is 1.67. The summed E-state index contributed by atoms with van der Waals surface area (Å²) in [5, 5.41) is 8.43. The number of rotatable bonds is 4. The lowest BCUT2D eigenvalue weighted by molar-refractivity contribution is -0.131. The highest BCUT2D eigenvalue weighted by Crippen LogP contribution is 2.22. The van der Waals surface area contributed by atoms with Crippen molar-refractivity contribution in [3.8, 4) is 0 Å². The van der Waals surface area contributed by atoms with Crippen LogP contribution < -0.4 is 5.73 Å². The molecule has 3 N–H and O–H groups in total. The number of carboxylic acid groups (broad SMARTS) is 1. The fraction of sp³-hybridized carbons (Fsp3) is 0.385. The predicted molar refractivity (Wildman–Crippen MR) is 69.0 cm³/mol. The Morgan fingerprint density at radius 2 is 1.94 bits per heavy atom. The van der Waals surface area contributed by atoms with Gasteiger partial charge in [0.2, 0.25) is 0 Å². The molecule has 0 aromatic rings. The monoisotopic (exact) mass is 250 g/mol. The third-order valence-corrected chi connectivity index (χ3v) is 2.87. The van der Waals surface area contributed by atoms with E-state index < -0.39 is 12.0 Å². The van der Waals surface area contributed by atoms with E-state index in [1.165, 1.54) is 6.08 Å². The molecule has 2 amide bonds. The molecule has 1 saturated heterocycles. The number of hydrogen-bond donors (Lipinski definition) is 2. The molecule has 18 heavy (non-hydrogen) atoms. The summed E-state index contributed by atoms with van der Waals surface area (Å²) in [6, 6.07) is -0.513. The van der Waals surface area contributed by atoms with Gasteiger partial charge in [0.1, 0.15) is 0 Å². The van der Waals surface area contributed by atoms with Crippen LogP contribution in [-0.2, 0) is 4.79 Å². The first-order valence-electron chi connectivity index (χ1n) is 5.85. The molecule has 1 aliphatic rings. The highest BCUT2D eigenvalue weighted by Gasteiger charge is 2.25. The lowest BCUT2D eigenvalue weighted by atomic mass is 9.96. The Labute approximate surface area is 106 Å². The number of carbonyl (C=O) groups is 2. The fourth-order valence-electron chi connectivity index (χ4n) is 2.01. The van der Waals surface area contributed by atoms with Crippen LogP contribution in [0.2, 0.25) is 0 Å². The summed E-state index contributed by atoms with van der Waals surface area (Å²) in [6.07, 6.45) is 8.60. The van der Waals surface area contributed by atoms with Gasteiger partial charge in [-0.1, -0.05) is 24.8 Å². The van der Waals surface area contributed by atoms with Gasteiger partial charge in [0.15, 0.2) is 0 Å². The van der Waals surface area contributed by atoms with E-state index in [4.69, 9.17) is 10.8 Å². The Balaban J connectivity index is 2.63. The van der Waals surface area contributed by atoms with Crippen LogP contribution in [-0.4, -0.2) is 34.6 Å². The van der Waals surface area contributed by atoms with Gasteiger partial charge in [0.05, 0.1) is 6.04 Å². The Bertz CT molecular complexity index is 399. The number of primary amides is 1. The normalized spacial score (nSPS) is 20.4. The average molecular weight is 250 g/mol. The van der Waals surface area contributed by atoms with Gasteiger partial charge in [0.25, 0.3) is 0 Å². The smallest absolute Gasteiger partial charge is 0.328 e. The van der Waals surface area contributed by atoms with Gasteiger partial charge in [-0.15, -0.1) is 0 Å². The van der Waals surface area contributed by atoms with Crippen molar-refractivity contribution in [3.05, 3.63) is 36.5 Å². The molecule has 98 valence electrons. The average Bonchev–Trinajstić information content (AvgIpc) is 2.34. The van der Waals surface area contributed by atoms with Gasteiger partial charge in [-0.25, -0.2) is 9.59 Å². The van der Waals surface area contributed by atoms with E-state index in [1.807, 2.05) is 0 Å². The van der Waals surface area contributed by atoms with E-state index in [2.05, 4.69) is 6.58 Å². The summed E-state index contributed by atoms with van der Waals surface area (Å²) in [7, 11) is 0. The molecule has 0 radical (unpaired) electrons. The number of hydrogen-bond acceptors (Lipinski definition) is 2. The van der Waals surface area contributed by atoms with E-state index in [0.717, 1.165) is 30.9 Å². The van der Waals surface area contributed by atoms with E-state index in [-0.39, 0.29) is 6.04 Å². The van der Waals surface area contributed by atoms with E-state index in [0.29, 0.717) is 6.54 Å². The molecule has 1 atom stereocenters. The molecule has 1 heterocycles. The zero-order valence-corrected chi connectivity index (χ0v) is 10.2. The maximum atomic E-state index is 11.3. The molecule has 0 bridgehead atoms. The van der Waals surface area contributed by atoms with Crippen molar-refractivity contribution in [2.24, 2.45) is 5.73 Å². The van der Waals surface area contributed by atoms with E-state index in [9.17, 15) is 9.59 Å². The molecule has 0 aliphatic carbocycles. The molecule has 1 fully saturated rings. The summed E-state index contributed by atoms with van der Waals surface area (Å²) in [4.78, 5) is 23.2. The Morgan fingerprint density at radius 1 is 1.28 bits per heavy atom. The van der Waals surface area contributed by atoms with Crippen LogP contribution in [0.15, 0.2) is 36.5 Å². The SMILES string of the molecule is C=C(C=CC=CC(=O)O)C1CCCCN1C(N)=O. The summed E-state index contributed by atoms with van der Waals surface area (Å²) in [6.45, 7) is 4.56. The summed E-state index contributed by atoms with van der Waals surface area (Å²) < 4.78 is 0. The van der Waals surface area contributed by atoms with Crippen LogP contribution in [0.3, 0.4) is 0 Å². The standard InChI is InChI=1S/C13H18N2O3/c1-10(6-2-3-8-12(16)17)11-7-4-5-9-15(11)13(14)18/h2-3,6,8,11H,1,4-5,7,9H2,(H2,14,18)(H,16,17). The van der Waals surface area contributed by atoms with E-state index >= 15 is 0 Å². The van der Waals surface area contributed by atoms with Crippen molar-refractivity contribution in [1.82, 2.24) is 4.90 Å². The lowest BCUT2D eigenvalue weighted by Gasteiger charge is -2.34. The molecule has 5 nitrogen and oxygen atoms in total. The Hall–Kier alpha value is -2.04. The van der Waals surface area contributed by atoms with Crippen LogP contribution in [0, 0.1) is 0 Å².